The normalized spacial score (nSPS) is 12.7. The van der Waals surface area contributed by atoms with Gasteiger partial charge >= 0.3 is 5.97 Å². The number of carbonyl (C=O) groups is 2. The Bertz CT molecular complexity index is 817. The highest BCUT2D eigenvalue weighted by molar-refractivity contribution is 5.76. The van der Waals surface area contributed by atoms with Crippen LogP contribution in [0.15, 0.2) is 12.2 Å². The smallest absolute Gasteiger partial charge is 0.305 e. The number of rotatable bonds is 45. The maximum absolute atomic E-state index is 12.4. The lowest BCUT2D eigenvalue weighted by atomic mass is 10.0. The van der Waals surface area contributed by atoms with Gasteiger partial charge in [-0.15, -0.1) is 0 Å². The summed E-state index contributed by atoms with van der Waals surface area (Å²) in [4.78, 5) is 24.3. The average molecular weight is 778 g/mol. The van der Waals surface area contributed by atoms with Gasteiger partial charge in [-0.05, 0) is 51.4 Å². The second-order valence-electron chi connectivity index (χ2n) is 16.8. The predicted molar refractivity (Wildman–Crippen MR) is 237 cm³/mol. The molecule has 0 fully saturated rings. The molecule has 55 heavy (non-hydrogen) atoms. The number of amides is 1. The molecule has 0 spiro atoms. The molecule has 0 bridgehead atoms. The van der Waals surface area contributed by atoms with Crippen molar-refractivity contribution in [1.82, 2.24) is 5.32 Å². The first-order chi connectivity index (χ1) is 27.0. The molecule has 0 rings (SSSR count). The van der Waals surface area contributed by atoms with Gasteiger partial charge in [0.15, 0.2) is 0 Å². The molecule has 0 heterocycles. The van der Waals surface area contributed by atoms with Gasteiger partial charge in [0.05, 0.1) is 25.4 Å². The van der Waals surface area contributed by atoms with Gasteiger partial charge in [-0.25, -0.2) is 0 Å². The Morgan fingerprint density at radius 2 is 0.855 bits per heavy atom. The van der Waals surface area contributed by atoms with Gasteiger partial charge in [-0.2, -0.15) is 0 Å². The molecular weight excluding hydrogens is 683 g/mol. The van der Waals surface area contributed by atoms with Gasteiger partial charge in [-0.1, -0.05) is 212 Å². The van der Waals surface area contributed by atoms with Gasteiger partial charge in [0.1, 0.15) is 0 Å². The van der Waals surface area contributed by atoms with Crippen LogP contribution in [0.5, 0.6) is 0 Å². The molecule has 0 aliphatic heterocycles. The second kappa shape index (κ2) is 45.3. The van der Waals surface area contributed by atoms with Crippen molar-refractivity contribution in [2.24, 2.45) is 0 Å². The zero-order valence-electron chi connectivity index (χ0n) is 36.9. The fourth-order valence-corrected chi connectivity index (χ4v) is 7.51. The third-order valence-electron chi connectivity index (χ3n) is 11.3. The van der Waals surface area contributed by atoms with Gasteiger partial charge in [0.25, 0.3) is 0 Å². The molecule has 0 aliphatic carbocycles. The van der Waals surface area contributed by atoms with E-state index in [1.165, 1.54) is 173 Å². The quantitative estimate of drug-likeness (QED) is 0.0325. The van der Waals surface area contributed by atoms with Crippen LogP contribution in [0.2, 0.25) is 0 Å². The summed E-state index contributed by atoms with van der Waals surface area (Å²) in [7, 11) is 0. The monoisotopic (exact) mass is 778 g/mol. The standard InChI is InChI=1S/C49H95NO5/c1-3-5-7-9-11-13-22-27-31-35-39-43-49(54)55-44-40-36-32-28-24-21-19-17-15-14-16-18-20-23-26-30-34-38-42-48(53)50-46(45-51)47(52)41-37-33-29-25-12-10-8-6-4-2/h16,18,46-47,51-52H,3-15,17,19-45H2,1-2H3,(H,50,53)/b18-16-. The van der Waals surface area contributed by atoms with Crippen molar-refractivity contribution in [2.45, 2.75) is 276 Å². The Morgan fingerprint density at radius 1 is 0.491 bits per heavy atom. The molecule has 1 amide bonds. The maximum Gasteiger partial charge on any atom is 0.305 e. The Labute approximate surface area is 342 Å². The van der Waals surface area contributed by atoms with Gasteiger partial charge in [0.2, 0.25) is 5.91 Å². The van der Waals surface area contributed by atoms with E-state index in [0.717, 1.165) is 57.8 Å². The molecule has 0 aromatic heterocycles. The molecule has 2 atom stereocenters. The van der Waals surface area contributed by atoms with E-state index in [2.05, 4.69) is 31.3 Å². The van der Waals surface area contributed by atoms with Gasteiger partial charge in [0, 0.05) is 12.8 Å². The van der Waals surface area contributed by atoms with Crippen molar-refractivity contribution in [2.75, 3.05) is 13.2 Å². The number of allylic oxidation sites excluding steroid dienone is 2. The molecule has 2 unspecified atom stereocenters. The van der Waals surface area contributed by atoms with Crippen LogP contribution in [-0.2, 0) is 14.3 Å². The molecule has 0 aliphatic rings. The molecule has 0 saturated heterocycles. The Balaban J connectivity index is 3.43. The van der Waals surface area contributed by atoms with E-state index in [9.17, 15) is 19.8 Å². The first kappa shape index (κ1) is 53.6. The highest BCUT2D eigenvalue weighted by Crippen LogP contribution is 2.16. The van der Waals surface area contributed by atoms with Crippen LogP contribution >= 0.6 is 0 Å². The van der Waals surface area contributed by atoms with Gasteiger partial charge in [-0.3, -0.25) is 9.59 Å². The topological polar surface area (TPSA) is 95.9 Å². The maximum atomic E-state index is 12.4. The highest BCUT2D eigenvalue weighted by atomic mass is 16.5. The highest BCUT2D eigenvalue weighted by Gasteiger charge is 2.20. The number of nitrogens with one attached hydrogen (secondary N) is 1. The number of unbranched alkanes of at least 4 members (excludes halogenated alkanes) is 32. The van der Waals surface area contributed by atoms with E-state index >= 15 is 0 Å². The van der Waals surface area contributed by atoms with E-state index < -0.39 is 12.1 Å². The molecule has 0 radical (unpaired) electrons. The second-order valence-corrected chi connectivity index (χ2v) is 16.8. The summed E-state index contributed by atoms with van der Waals surface area (Å²) in [6.07, 6.45) is 50.4. The van der Waals surface area contributed by atoms with Crippen molar-refractivity contribution in [3.63, 3.8) is 0 Å². The van der Waals surface area contributed by atoms with Crippen molar-refractivity contribution in [3.8, 4) is 0 Å². The van der Waals surface area contributed by atoms with E-state index in [1.807, 2.05) is 0 Å². The summed E-state index contributed by atoms with van der Waals surface area (Å²) < 4.78 is 5.44. The number of hydrogen-bond acceptors (Lipinski definition) is 5. The van der Waals surface area contributed by atoms with E-state index in [-0.39, 0.29) is 18.5 Å². The number of carbonyl (C=O) groups excluding carboxylic acids is 2. The zero-order valence-corrected chi connectivity index (χ0v) is 36.9. The molecular formula is C49H95NO5. The van der Waals surface area contributed by atoms with Crippen molar-refractivity contribution >= 4 is 11.9 Å². The lowest BCUT2D eigenvalue weighted by Gasteiger charge is -2.22. The summed E-state index contributed by atoms with van der Waals surface area (Å²) in [6, 6.07) is -0.548. The van der Waals surface area contributed by atoms with E-state index in [4.69, 9.17) is 4.74 Å². The number of ether oxygens (including phenoxy) is 1. The van der Waals surface area contributed by atoms with Gasteiger partial charge < -0.3 is 20.3 Å². The van der Waals surface area contributed by atoms with E-state index in [1.54, 1.807) is 0 Å². The van der Waals surface area contributed by atoms with Crippen LogP contribution in [-0.4, -0.2) is 47.4 Å². The first-order valence-corrected chi connectivity index (χ1v) is 24.4. The Kier molecular flexibility index (Phi) is 44.2. The van der Waals surface area contributed by atoms with Crippen LogP contribution in [0.1, 0.15) is 264 Å². The summed E-state index contributed by atoms with van der Waals surface area (Å²) in [5.41, 5.74) is 0. The average Bonchev–Trinajstić information content (AvgIpc) is 3.18. The lowest BCUT2D eigenvalue weighted by Crippen LogP contribution is -2.45. The minimum Gasteiger partial charge on any atom is -0.466 e. The van der Waals surface area contributed by atoms with Crippen LogP contribution < -0.4 is 5.32 Å². The summed E-state index contributed by atoms with van der Waals surface area (Å²) in [6.45, 7) is 4.91. The minimum absolute atomic E-state index is 0.00225. The zero-order chi connectivity index (χ0) is 40.1. The molecule has 6 nitrogen and oxygen atoms in total. The molecule has 6 heteroatoms. The molecule has 326 valence electrons. The number of hydrogen-bond donors (Lipinski definition) is 3. The summed E-state index contributed by atoms with van der Waals surface area (Å²) >= 11 is 0. The third kappa shape index (κ3) is 42.0. The third-order valence-corrected chi connectivity index (χ3v) is 11.3. The summed E-state index contributed by atoms with van der Waals surface area (Å²) in [5.74, 6) is -0.0496. The van der Waals surface area contributed by atoms with Crippen LogP contribution in [0.3, 0.4) is 0 Å². The Morgan fingerprint density at radius 3 is 1.29 bits per heavy atom. The largest absolute Gasteiger partial charge is 0.466 e. The molecule has 3 N–H and O–H groups in total. The summed E-state index contributed by atoms with van der Waals surface area (Å²) in [5, 5.41) is 23.0. The predicted octanol–water partition coefficient (Wildman–Crippen LogP) is 14.2. The fourth-order valence-electron chi connectivity index (χ4n) is 7.51. The van der Waals surface area contributed by atoms with Crippen LogP contribution in [0.4, 0.5) is 0 Å². The molecule has 0 aromatic carbocycles. The fraction of sp³-hybridized carbons (Fsp3) is 0.918. The molecule has 0 aromatic rings. The van der Waals surface area contributed by atoms with Crippen LogP contribution in [0, 0.1) is 0 Å². The van der Waals surface area contributed by atoms with Crippen LogP contribution in [0.25, 0.3) is 0 Å². The number of aliphatic hydroxyl groups is 2. The first-order valence-electron chi connectivity index (χ1n) is 24.4. The minimum atomic E-state index is -0.669. The van der Waals surface area contributed by atoms with Crippen molar-refractivity contribution in [3.05, 3.63) is 12.2 Å². The van der Waals surface area contributed by atoms with E-state index in [0.29, 0.717) is 25.9 Å². The molecule has 0 saturated carbocycles. The number of aliphatic hydroxyl groups excluding tert-OH is 2. The van der Waals surface area contributed by atoms with Crippen molar-refractivity contribution in [1.29, 1.82) is 0 Å². The lowest BCUT2D eigenvalue weighted by molar-refractivity contribution is -0.143. The SMILES string of the molecule is CCCCCCCCCCCCCC(=O)OCCCCCCCCCCC/C=C\CCCCCCCC(=O)NC(CO)C(O)CCCCCCCCCCC. The van der Waals surface area contributed by atoms with Crippen molar-refractivity contribution < 1.29 is 24.5 Å². The number of esters is 1. The Hall–Kier alpha value is -1.40.